The van der Waals surface area contributed by atoms with Gasteiger partial charge < -0.3 is 10.2 Å². The third-order valence-electron chi connectivity index (χ3n) is 2.14. The molecule has 1 aromatic rings. The van der Waals surface area contributed by atoms with E-state index in [0.717, 1.165) is 3.11 Å². The Bertz CT molecular complexity index is 462. The molecule has 0 fully saturated rings. The summed E-state index contributed by atoms with van der Waals surface area (Å²) in [6.45, 7) is 0. The number of carbonyl (C=O) groups excluding carboxylic acids is 1. The van der Waals surface area contributed by atoms with Crippen LogP contribution in [-0.4, -0.2) is 37.2 Å². The van der Waals surface area contributed by atoms with Crippen LogP contribution in [-0.2, 0) is 9.59 Å². The molecule has 0 bridgehead atoms. The van der Waals surface area contributed by atoms with Crippen molar-refractivity contribution >= 4 is 40.7 Å². The molecule has 6 nitrogen and oxygen atoms in total. The fraction of sp³-hybridized carbons (Fsp3) is 0.182. The van der Waals surface area contributed by atoms with E-state index in [4.69, 9.17) is 10.2 Å². The van der Waals surface area contributed by atoms with Crippen LogP contribution in [0.25, 0.3) is 0 Å². The molecule has 0 radical (unpaired) electrons. The van der Waals surface area contributed by atoms with E-state index in [2.05, 4.69) is 0 Å². The van der Waals surface area contributed by atoms with Crippen molar-refractivity contribution in [2.24, 2.45) is 0 Å². The summed E-state index contributed by atoms with van der Waals surface area (Å²) in [4.78, 5) is 33.5. The topological polar surface area (TPSA) is 94.9 Å². The number of carboxylic acids is 2. The van der Waals surface area contributed by atoms with Gasteiger partial charge in [-0.3, -0.25) is 12.7 Å². The summed E-state index contributed by atoms with van der Waals surface area (Å²) >= 11 is 1.52. The van der Waals surface area contributed by atoms with Gasteiger partial charge in [0.1, 0.15) is 6.04 Å². The van der Waals surface area contributed by atoms with Crippen LogP contribution in [0.2, 0.25) is 0 Å². The van der Waals surface area contributed by atoms with E-state index in [1.54, 1.807) is 18.2 Å². The van der Waals surface area contributed by atoms with Crippen molar-refractivity contribution in [2.75, 3.05) is 0 Å². The minimum absolute atomic E-state index is 0.309. The van der Waals surface area contributed by atoms with Gasteiger partial charge in [0, 0.05) is 5.56 Å². The Morgan fingerprint density at radius 2 is 1.72 bits per heavy atom. The van der Waals surface area contributed by atoms with Crippen molar-refractivity contribution in [1.82, 2.24) is 3.11 Å². The van der Waals surface area contributed by atoms with Crippen LogP contribution in [0.1, 0.15) is 16.8 Å². The molecule has 0 heterocycles. The molecular weight excluding hydrogens is 353 g/mol. The molecule has 18 heavy (non-hydrogen) atoms. The molecule has 1 unspecified atom stereocenters. The Labute approximate surface area is 117 Å². The highest BCUT2D eigenvalue weighted by atomic mass is 127. The van der Waals surface area contributed by atoms with Crippen LogP contribution < -0.4 is 0 Å². The van der Waals surface area contributed by atoms with Crippen molar-refractivity contribution in [1.29, 1.82) is 0 Å². The van der Waals surface area contributed by atoms with Gasteiger partial charge in [0.15, 0.2) is 0 Å². The molecule has 1 rings (SSSR count). The van der Waals surface area contributed by atoms with Gasteiger partial charge in [-0.25, -0.2) is 4.79 Å². The van der Waals surface area contributed by atoms with Crippen LogP contribution >= 0.6 is 22.9 Å². The molecule has 0 spiro atoms. The first-order valence-electron chi connectivity index (χ1n) is 4.92. The van der Waals surface area contributed by atoms with Crippen molar-refractivity contribution in [2.45, 2.75) is 12.5 Å². The Balaban J connectivity index is 2.90. The summed E-state index contributed by atoms with van der Waals surface area (Å²) in [7, 11) is 0. The number of aliphatic carboxylic acids is 2. The fourth-order valence-corrected chi connectivity index (χ4v) is 1.99. The average Bonchev–Trinajstić information content (AvgIpc) is 2.34. The maximum Gasteiger partial charge on any atom is 0.327 e. The zero-order chi connectivity index (χ0) is 13.7. The number of rotatable bonds is 5. The first-order valence-corrected chi connectivity index (χ1v) is 5.89. The number of amides is 1. The van der Waals surface area contributed by atoms with Gasteiger partial charge >= 0.3 is 11.9 Å². The number of carboxylic acid groups (broad SMARTS) is 2. The first kappa shape index (κ1) is 14.4. The number of hydrogen-bond acceptors (Lipinski definition) is 3. The van der Waals surface area contributed by atoms with Gasteiger partial charge in [0.2, 0.25) is 0 Å². The van der Waals surface area contributed by atoms with Gasteiger partial charge in [0.05, 0.1) is 29.3 Å². The molecule has 96 valence electrons. The summed E-state index contributed by atoms with van der Waals surface area (Å²) in [6.07, 6.45) is -0.642. The monoisotopic (exact) mass is 363 g/mol. The summed E-state index contributed by atoms with van der Waals surface area (Å²) in [5.74, 6) is -3.16. The predicted molar refractivity (Wildman–Crippen MR) is 70.3 cm³/mol. The highest BCUT2D eigenvalue weighted by molar-refractivity contribution is 14.1. The third kappa shape index (κ3) is 3.69. The molecule has 0 aliphatic carbocycles. The molecule has 0 aromatic heterocycles. The van der Waals surface area contributed by atoms with Gasteiger partial charge in [-0.15, -0.1) is 0 Å². The standard InChI is InChI=1S/C11H10INO5/c12-13(8(11(17)18)6-9(14)15)10(16)7-4-2-1-3-5-7/h1-5,8H,6H2,(H,14,15)(H,17,18). The molecule has 0 saturated heterocycles. The van der Waals surface area contributed by atoms with Gasteiger partial charge in [-0.1, -0.05) is 18.2 Å². The molecule has 0 saturated carbocycles. The SMILES string of the molecule is O=C(O)CC(C(=O)O)N(I)C(=O)c1ccccc1. The maximum atomic E-state index is 11.9. The van der Waals surface area contributed by atoms with Gasteiger partial charge in [0.25, 0.3) is 5.91 Å². The van der Waals surface area contributed by atoms with Crippen molar-refractivity contribution in [3.63, 3.8) is 0 Å². The summed E-state index contributed by atoms with van der Waals surface area (Å²) in [5.41, 5.74) is 0.309. The number of hydrogen-bond donors (Lipinski definition) is 2. The summed E-state index contributed by atoms with van der Waals surface area (Å²) in [6, 6.07) is 6.69. The van der Waals surface area contributed by atoms with Crippen molar-refractivity contribution in [3.8, 4) is 0 Å². The number of halogens is 1. The third-order valence-corrected chi connectivity index (χ3v) is 3.25. The Morgan fingerprint density at radius 1 is 1.17 bits per heavy atom. The summed E-state index contributed by atoms with van der Waals surface area (Å²) in [5, 5.41) is 17.6. The minimum Gasteiger partial charge on any atom is -0.481 e. The van der Waals surface area contributed by atoms with Crippen LogP contribution in [0.4, 0.5) is 0 Å². The second-order valence-electron chi connectivity index (χ2n) is 3.43. The lowest BCUT2D eigenvalue weighted by atomic mass is 10.1. The Hall–Kier alpha value is -1.64. The van der Waals surface area contributed by atoms with Crippen molar-refractivity contribution in [3.05, 3.63) is 35.9 Å². The minimum atomic E-state index is -1.39. The zero-order valence-corrected chi connectivity index (χ0v) is 11.3. The van der Waals surface area contributed by atoms with Gasteiger partial charge in [-0.2, -0.15) is 0 Å². The Morgan fingerprint density at radius 3 is 2.17 bits per heavy atom. The largest absolute Gasteiger partial charge is 0.481 e. The molecule has 0 aliphatic rings. The maximum absolute atomic E-state index is 11.9. The van der Waals surface area contributed by atoms with Gasteiger partial charge in [-0.05, 0) is 12.1 Å². The lowest BCUT2D eigenvalue weighted by molar-refractivity contribution is -0.146. The van der Waals surface area contributed by atoms with E-state index < -0.39 is 30.3 Å². The van der Waals surface area contributed by atoms with Crippen LogP contribution in [0.5, 0.6) is 0 Å². The van der Waals surface area contributed by atoms with Crippen LogP contribution in [0.15, 0.2) is 30.3 Å². The molecule has 7 heteroatoms. The number of nitrogens with zero attached hydrogens (tertiary/aromatic N) is 1. The lowest BCUT2D eigenvalue weighted by Crippen LogP contribution is -2.40. The van der Waals surface area contributed by atoms with Crippen LogP contribution in [0.3, 0.4) is 0 Å². The smallest absolute Gasteiger partial charge is 0.327 e. The molecule has 0 aliphatic heterocycles. The average molecular weight is 363 g/mol. The van der Waals surface area contributed by atoms with E-state index in [1.165, 1.54) is 35.0 Å². The molecule has 1 amide bonds. The molecule has 1 atom stereocenters. The normalized spacial score (nSPS) is 11.6. The highest BCUT2D eigenvalue weighted by Crippen LogP contribution is 2.16. The first-order chi connectivity index (χ1) is 8.43. The van der Waals surface area contributed by atoms with E-state index in [9.17, 15) is 14.4 Å². The fourth-order valence-electron chi connectivity index (χ4n) is 1.28. The molecular formula is C11H10INO5. The van der Waals surface area contributed by atoms with E-state index in [0.29, 0.717) is 5.56 Å². The van der Waals surface area contributed by atoms with E-state index >= 15 is 0 Å². The number of benzene rings is 1. The zero-order valence-electron chi connectivity index (χ0n) is 9.12. The number of carbonyl (C=O) groups is 3. The quantitative estimate of drug-likeness (QED) is 0.609. The lowest BCUT2D eigenvalue weighted by Gasteiger charge is -2.21. The molecule has 2 N–H and O–H groups in total. The van der Waals surface area contributed by atoms with E-state index in [1.807, 2.05) is 0 Å². The van der Waals surface area contributed by atoms with Crippen molar-refractivity contribution < 1.29 is 24.6 Å². The Kier molecular flexibility index (Phi) is 5.08. The second-order valence-corrected chi connectivity index (χ2v) is 4.47. The summed E-state index contributed by atoms with van der Waals surface area (Å²) < 4.78 is 0.892. The second kappa shape index (κ2) is 6.34. The predicted octanol–water partition coefficient (Wildman–Crippen LogP) is 1.41. The highest BCUT2D eigenvalue weighted by Gasteiger charge is 2.30. The van der Waals surface area contributed by atoms with E-state index in [-0.39, 0.29) is 0 Å². The van der Waals surface area contributed by atoms with Crippen LogP contribution in [0, 0.1) is 0 Å². The molecule has 1 aromatic carbocycles.